The molecule has 2 aromatic carbocycles. The van der Waals surface area contributed by atoms with E-state index in [0.29, 0.717) is 22.6 Å². The second kappa shape index (κ2) is 8.74. The van der Waals surface area contributed by atoms with E-state index in [1.54, 1.807) is 42.5 Å². The zero-order valence-corrected chi connectivity index (χ0v) is 16.3. The maximum absolute atomic E-state index is 13.5. The summed E-state index contributed by atoms with van der Waals surface area (Å²) in [4.78, 5) is 12.9. The van der Waals surface area contributed by atoms with E-state index < -0.39 is 22.9 Å². The zero-order chi connectivity index (χ0) is 21.9. The van der Waals surface area contributed by atoms with E-state index in [-0.39, 0.29) is 18.8 Å². The Kier molecular flexibility index (Phi) is 6.30. The summed E-state index contributed by atoms with van der Waals surface area (Å²) in [5, 5.41) is 18.6. The summed E-state index contributed by atoms with van der Waals surface area (Å²) >= 11 is 6.00. The highest BCUT2D eigenvalue weighted by Crippen LogP contribution is 2.34. The van der Waals surface area contributed by atoms with Crippen LogP contribution in [0, 0.1) is 11.3 Å². The molecule has 0 spiro atoms. The van der Waals surface area contributed by atoms with Crippen LogP contribution in [0.1, 0.15) is 22.3 Å². The Labute approximate surface area is 175 Å². The van der Waals surface area contributed by atoms with Crippen molar-refractivity contribution in [3.8, 4) is 17.3 Å². The highest BCUT2D eigenvalue weighted by Gasteiger charge is 2.36. The van der Waals surface area contributed by atoms with Crippen LogP contribution in [0.15, 0.2) is 59.4 Å². The van der Waals surface area contributed by atoms with Gasteiger partial charge in [0.15, 0.2) is 0 Å². The van der Waals surface area contributed by atoms with Crippen LogP contribution in [-0.2, 0) is 19.1 Å². The van der Waals surface area contributed by atoms with Gasteiger partial charge in [0.2, 0.25) is 0 Å². The highest BCUT2D eigenvalue weighted by molar-refractivity contribution is 6.30. The number of nitrogens with zero attached hydrogens (tertiary/aromatic N) is 2. The van der Waals surface area contributed by atoms with Crippen LogP contribution in [-0.4, -0.2) is 16.3 Å². The Morgan fingerprint density at radius 2 is 1.73 bits per heavy atom. The van der Waals surface area contributed by atoms with Crippen LogP contribution < -0.4 is 5.56 Å². The zero-order valence-electron chi connectivity index (χ0n) is 15.6. The number of pyridine rings is 1. The molecule has 0 radical (unpaired) electrons. The first-order valence-electron chi connectivity index (χ1n) is 8.94. The van der Waals surface area contributed by atoms with Gasteiger partial charge in [-0.1, -0.05) is 48.0 Å². The van der Waals surface area contributed by atoms with Gasteiger partial charge >= 0.3 is 6.18 Å². The number of hydrogen-bond acceptors (Lipinski definition) is 3. The number of halogens is 4. The summed E-state index contributed by atoms with van der Waals surface area (Å²) in [6, 6.07) is 15.4. The van der Waals surface area contributed by atoms with Gasteiger partial charge in [0, 0.05) is 11.6 Å². The van der Waals surface area contributed by atoms with E-state index in [2.05, 4.69) is 0 Å². The van der Waals surface area contributed by atoms with Crippen molar-refractivity contribution >= 4 is 11.6 Å². The van der Waals surface area contributed by atoms with Gasteiger partial charge in [-0.2, -0.15) is 18.4 Å². The average Bonchev–Trinajstić information content (AvgIpc) is 2.70. The number of benzene rings is 2. The number of alkyl halides is 3. The summed E-state index contributed by atoms with van der Waals surface area (Å²) in [7, 11) is 0. The number of aromatic nitrogens is 1. The van der Waals surface area contributed by atoms with Crippen LogP contribution in [0.4, 0.5) is 13.2 Å². The van der Waals surface area contributed by atoms with Crippen molar-refractivity contribution in [1.82, 2.24) is 4.57 Å². The molecule has 30 heavy (non-hydrogen) atoms. The first kappa shape index (κ1) is 21.6. The molecule has 0 unspecified atom stereocenters. The molecule has 1 aromatic heterocycles. The minimum atomic E-state index is -4.86. The standard InChI is InChI=1S/C22H16ClF3N2O2/c23-17-3-1-2-16(10-17)20-11-19(22(24,25)26)18(12-27)21(30)28(20)13-15-6-4-14(5-7-15)8-9-29/h1-7,10-11,29H,8-9,13H2. The molecule has 3 rings (SSSR count). The predicted molar refractivity (Wildman–Crippen MR) is 107 cm³/mol. The summed E-state index contributed by atoms with van der Waals surface area (Å²) in [5.41, 5.74) is -1.38. The summed E-state index contributed by atoms with van der Waals surface area (Å²) in [5.74, 6) is 0. The third kappa shape index (κ3) is 4.56. The second-order valence-electron chi connectivity index (χ2n) is 6.62. The lowest BCUT2D eigenvalue weighted by Gasteiger charge is -2.18. The lowest BCUT2D eigenvalue weighted by Crippen LogP contribution is -2.28. The molecule has 8 heteroatoms. The van der Waals surface area contributed by atoms with Gasteiger partial charge in [0.25, 0.3) is 5.56 Å². The van der Waals surface area contributed by atoms with Gasteiger partial charge in [-0.25, -0.2) is 0 Å². The molecule has 0 atom stereocenters. The minimum Gasteiger partial charge on any atom is -0.396 e. The third-order valence-electron chi connectivity index (χ3n) is 4.60. The van der Waals surface area contributed by atoms with Gasteiger partial charge in [-0.3, -0.25) is 4.79 Å². The molecule has 0 fully saturated rings. The van der Waals surface area contributed by atoms with E-state index in [9.17, 15) is 23.2 Å². The Morgan fingerprint density at radius 1 is 1.07 bits per heavy atom. The van der Waals surface area contributed by atoms with E-state index in [1.165, 1.54) is 12.1 Å². The molecular formula is C22H16ClF3N2O2. The fourth-order valence-corrected chi connectivity index (χ4v) is 3.34. The van der Waals surface area contributed by atoms with Crippen molar-refractivity contribution in [3.05, 3.63) is 92.2 Å². The van der Waals surface area contributed by atoms with Crippen LogP contribution in [0.2, 0.25) is 5.02 Å². The summed E-state index contributed by atoms with van der Waals surface area (Å²) in [6.07, 6.45) is -4.39. The fraction of sp³-hybridized carbons (Fsp3) is 0.182. The molecule has 154 valence electrons. The number of rotatable bonds is 5. The maximum Gasteiger partial charge on any atom is 0.417 e. The van der Waals surface area contributed by atoms with Gasteiger partial charge in [0.1, 0.15) is 11.6 Å². The monoisotopic (exact) mass is 432 g/mol. The van der Waals surface area contributed by atoms with Gasteiger partial charge in [0.05, 0.1) is 17.8 Å². The molecule has 1 N–H and O–H groups in total. The molecule has 0 aliphatic heterocycles. The maximum atomic E-state index is 13.5. The van der Waals surface area contributed by atoms with Crippen molar-refractivity contribution in [2.45, 2.75) is 19.1 Å². The van der Waals surface area contributed by atoms with Crippen molar-refractivity contribution in [2.24, 2.45) is 0 Å². The normalized spacial score (nSPS) is 11.3. The Bertz CT molecular complexity index is 1160. The van der Waals surface area contributed by atoms with Crippen molar-refractivity contribution in [3.63, 3.8) is 0 Å². The minimum absolute atomic E-state index is 0.00765. The molecular weight excluding hydrogens is 417 g/mol. The average molecular weight is 433 g/mol. The lowest BCUT2D eigenvalue weighted by atomic mass is 10.0. The second-order valence-corrected chi connectivity index (χ2v) is 7.06. The Balaban J connectivity index is 2.22. The van der Waals surface area contributed by atoms with Crippen LogP contribution in [0.25, 0.3) is 11.3 Å². The number of aliphatic hydroxyl groups is 1. The summed E-state index contributed by atoms with van der Waals surface area (Å²) in [6.45, 7) is -0.0466. The Hall–Kier alpha value is -3.08. The fourth-order valence-electron chi connectivity index (χ4n) is 3.14. The highest BCUT2D eigenvalue weighted by atomic mass is 35.5. The van der Waals surface area contributed by atoms with Crippen molar-refractivity contribution < 1.29 is 18.3 Å². The number of aliphatic hydroxyl groups excluding tert-OH is 1. The molecule has 1 heterocycles. The molecule has 0 aliphatic rings. The van der Waals surface area contributed by atoms with Crippen LogP contribution >= 0.6 is 11.6 Å². The number of hydrogen-bond donors (Lipinski definition) is 1. The first-order chi connectivity index (χ1) is 14.2. The smallest absolute Gasteiger partial charge is 0.396 e. The third-order valence-corrected chi connectivity index (χ3v) is 4.84. The molecule has 0 aliphatic carbocycles. The van der Waals surface area contributed by atoms with E-state index in [0.717, 1.165) is 16.2 Å². The van der Waals surface area contributed by atoms with E-state index in [1.807, 2.05) is 0 Å². The molecule has 4 nitrogen and oxygen atoms in total. The molecule has 0 amide bonds. The predicted octanol–water partition coefficient (Wildman–Crippen LogP) is 4.64. The van der Waals surface area contributed by atoms with E-state index >= 15 is 0 Å². The first-order valence-corrected chi connectivity index (χ1v) is 9.32. The molecule has 0 bridgehead atoms. The van der Waals surface area contributed by atoms with Gasteiger partial charge in [-0.15, -0.1) is 0 Å². The largest absolute Gasteiger partial charge is 0.417 e. The molecule has 0 saturated heterocycles. The van der Waals surface area contributed by atoms with Crippen molar-refractivity contribution in [1.29, 1.82) is 5.26 Å². The molecule has 3 aromatic rings. The van der Waals surface area contributed by atoms with Crippen LogP contribution in [0.5, 0.6) is 0 Å². The Morgan fingerprint density at radius 3 is 2.30 bits per heavy atom. The van der Waals surface area contributed by atoms with E-state index in [4.69, 9.17) is 16.7 Å². The topological polar surface area (TPSA) is 66.0 Å². The SMILES string of the molecule is N#Cc1c(C(F)(F)F)cc(-c2cccc(Cl)c2)n(Cc2ccc(CCO)cc2)c1=O. The quantitative estimate of drug-likeness (QED) is 0.638. The van der Waals surface area contributed by atoms with Crippen molar-refractivity contribution in [2.75, 3.05) is 6.61 Å². The summed E-state index contributed by atoms with van der Waals surface area (Å²) < 4.78 is 41.7. The molecule has 0 saturated carbocycles. The van der Waals surface area contributed by atoms with Gasteiger partial charge < -0.3 is 9.67 Å². The van der Waals surface area contributed by atoms with Crippen LogP contribution in [0.3, 0.4) is 0 Å². The lowest BCUT2D eigenvalue weighted by molar-refractivity contribution is -0.137. The van der Waals surface area contributed by atoms with Gasteiger partial charge in [-0.05, 0) is 41.3 Å². The number of nitriles is 1.